The van der Waals surface area contributed by atoms with Crippen LogP contribution in [0.2, 0.25) is 5.15 Å². The number of anilines is 2. The summed E-state index contributed by atoms with van der Waals surface area (Å²) in [6.07, 6.45) is 6.57. The van der Waals surface area contributed by atoms with Crippen LogP contribution in [-0.2, 0) is 0 Å². The van der Waals surface area contributed by atoms with E-state index in [2.05, 4.69) is 14.8 Å². The van der Waals surface area contributed by atoms with E-state index in [0.29, 0.717) is 10.8 Å². The minimum absolute atomic E-state index is 0.484. The van der Waals surface area contributed by atoms with E-state index in [1.165, 1.54) is 45.2 Å². The number of hydrogen-bond acceptors (Lipinski definition) is 4. The molecule has 2 aliphatic rings. The van der Waals surface area contributed by atoms with Crippen LogP contribution in [0.3, 0.4) is 0 Å². The standard InChI is InChI=1S/C15H23ClN4/c16-14-10-12(17)11-15(18-14)20-8-4-13(5-9-20)19-6-2-1-3-7-19/h10-11,13H,1-9H2,(H2,17,18). The van der Waals surface area contributed by atoms with Crippen molar-refractivity contribution in [3.05, 3.63) is 17.3 Å². The number of nitrogens with zero attached hydrogens (tertiary/aromatic N) is 3. The first-order valence-corrected chi connectivity index (χ1v) is 8.02. The molecule has 0 radical (unpaired) electrons. The van der Waals surface area contributed by atoms with Gasteiger partial charge in [0.05, 0.1) is 0 Å². The summed E-state index contributed by atoms with van der Waals surface area (Å²) < 4.78 is 0. The highest BCUT2D eigenvalue weighted by Crippen LogP contribution is 2.25. The van der Waals surface area contributed by atoms with Crippen molar-refractivity contribution in [2.45, 2.75) is 38.1 Å². The summed E-state index contributed by atoms with van der Waals surface area (Å²) >= 11 is 5.99. The molecule has 0 saturated carbocycles. The third-order valence-corrected chi connectivity index (χ3v) is 4.69. The number of nitrogens with two attached hydrogens (primary N) is 1. The smallest absolute Gasteiger partial charge is 0.133 e. The van der Waals surface area contributed by atoms with Crippen LogP contribution in [0, 0.1) is 0 Å². The first kappa shape index (κ1) is 14.0. The van der Waals surface area contributed by atoms with Gasteiger partial charge in [0.2, 0.25) is 0 Å². The second-order valence-electron chi connectivity index (χ2n) is 5.90. The fraction of sp³-hybridized carbons (Fsp3) is 0.667. The molecular weight excluding hydrogens is 272 g/mol. The highest BCUT2D eigenvalue weighted by Gasteiger charge is 2.26. The van der Waals surface area contributed by atoms with Crippen molar-refractivity contribution in [1.82, 2.24) is 9.88 Å². The number of piperidine rings is 2. The molecule has 0 aromatic carbocycles. The van der Waals surface area contributed by atoms with Gasteiger partial charge < -0.3 is 15.5 Å². The Bertz CT molecular complexity index is 431. The lowest BCUT2D eigenvalue weighted by Gasteiger charge is -2.40. The molecule has 5 heteroatoms. The minimum atomic E-state index is 0.484. The Labute approximate surface area is 125 Å². The molecule has 0 spiro atoms. The molecule has 0 aliphatic carbocycles. The van der Waals surface area contributed by atoms with Gasteiger partial charge in [-0.3, -0.25) is 0 Å². The highest BCUT2D eigenvalue weighted by atomic mass is 35.5. The van der Waals surface area contributed by atoms with Gasteiger partial charge in [0.25, 0.3) is 0 Å². The van der Waals surface area contributed by atoms with E-state index in [0.717, 1.165) is 24.9 Å². The van der Waals surface area contributed by atoms with Crippen LogP contribution in [-0.4, -0.2) is 42.1 Å². The lowest BCUT2D eigenvalue weighted by molar-refractivity contribution is 0.141. The molecule has 0 amide bonds. The van der Waals surface area contributed by atoms with Crippen molar-refractivity contribution in [2.24, 2.45) is 0 Å². The molecule has 4 nitrogen and oxygen atoms in total. The molecule has 0 unspecified atom stereocenters. The maximum absolute atomic E-state index is 5.99. The van der Waals surface area contributed by atoms with E-state index in [1.54, 1.807) is 6.07 Å². The molecule has 110 valence electrons. The Morgan fingerprint density at radius 3 is 2.40 bits per heavy atom. The monoisotopic (exact) mass is 294 g/mol. The Morgan fingerprint density at radius 1 is 1.05 bits per heavy atom. The number of pyridine rings is 1. The van der Waals surface area contributed by atoms with Crippen molar-refractivity contribution in [3.63, 3.8) is 0 Å². The lowest BCUT2D eigenvalue weighted by atomic mass is 10.00. The predicted octanol–water partition coefficient (Wildman–Crippen LogP) is 2.77. The molecule has 3 rings (SSSR count). The summed E-state index contributed by atoms with van der Waals surface area (Å²) in [6, 6.07) is 4.38. The van der Waals surface area contributed by atoms with Crippen LogP contribution < -0.4 is 10.6 Å². The maximum atomic E-state index is 5.99. The zero-order valence-corrected chi connectivity index (χ0v) is 12.6. The number of rotatable bonds is 2. The summed E-state index contributed by atoms with van der Waals surface area (Å²) in [5.41, 5.74) is 6.54. The van der Waals surface area contributed by atoms with E-state index in [9.17, 15) is 0 Å². The SMILES string of the molecule is Nc1cc(Cl)nc(N2CCC(N3CCCCC3)CC2)c1. The molecule has 2 fully saturated rings. The van der Waals surface area contributed by atoms with Crippen LogP contribution >= 0.6 is 11.6 Å². The Kier molecular flexibility index (Phi) is 4.32. The van der Waals surface area contributed by atoms with Gasteiger partial charge >= 0.3 is 0 Å². The predicted molar refractivity (Wildman–Crippen MR) is 84.3 cm³/mol. The molecule has 2 saturated heterocycles. The molecule has 20 heavy (non-hydrogen) atoms. The average molecular weight is 295 g/mol. The first-order chi connectivity index (χ1) is 9.72. The molecule has 2 aliphatic heterocycles. The molecule has 0 bridgehead atoms. The first-order valence-electron chi connectivity index (χ1n) is 7.64. The van der Waals surface area contributed by atoms with E-state index in [-0.39, 0.29) is 0 Å². The number of aromatic nitrogens is 1. The second-order valence-corrected chi connectivity index (χ2v) is 6.28. The summed E-state index contributed by atoms with van der Waals surface area (Å²) in [4.78, 5) is 9.38. The quantitative estimate of drug-likeness (QED) is 0.852. The summed E-state index contributed by atoms with van der Waals surface area (Å²) in [7, 11) is 0. The lowest BCUT2D eigenvalue weighted by Crippen LogP contribution is -2.46. The summed E-state index contributed by atoms with van der Waals surface area (Å²) in [5.74, 6) is 0.923. The van der Waals surface area contributed by atoms with Crippen LogP contribution in [0.15, 0.2) is 12.1 Å². The van der Waals surface area contributed by atoms with E-state index in [4.69, 9.17) is 17.3 Å². The van der Waals surface area contributed by atoms with Gasteiger partial charge in [-0.1, -0.05) is 18.0 Å². The average Bonchev–Trinajstić information content (AvgIpc) is 2.47. The van der Waals surface area contributed by atoms with Crippen LogP contribution in [0.5, 0.6) is 0 Å². The van der Waals surface area contributed by atoms with Crippen LogP contribution in [0.4, 0.5) is 11.5 Å². The summed E-state index contributed by atoms with van der Waals surface area (Å²) in [5, 5.41) is 0.484. The second kappa shape index (κ2) is 6.19. The van der Waals surface area contributed by atoms with Crippen LogP contribution in [0.1, 0.15) is 32.1 Å². The maximum Gasteiger partial charge on any atom is 0.133 e. The number of halogens is 1. The van der Waals surface area contributed by atoms with E-state index in [1.807, 2.05) is 6.07 Å². The van der Waals surface area contributed by atoms with Crippen LogP contribution in [0.25, 0.3) is 0 Å². The van der Waals surface area contributed by atoms with Gasteiger partial charge in [0.15, 0.2) is 0 Å². The zero-order chi connectivity index (χ0) is 13.9. The number of likely N-dealkylation sites (tertiary alicyclic amines) is 1. The molecule has 3 heterocycles. The van der Waals surface area contributed by atoms with Crippen molar-refractivity contribution in [3.8, 4) is 0 Å². The molecular formula is C15H23ClN4. The van der Waals surface area contributed by atoms with Crippen molar-refractivity contribution in [1.29, 1.82) is 0 Å². The summed E-state index contributed by atoms with van der Waals surface area (Å²) in [6.45, 7) is 4.67. The fourth-order valence-electron chi connectivity index (χ4n) is 3.41. The minimum Gasteiger partial charge on any atom is -0.399 e. The van der Waals surface area contributed by atoms with Crippen molar-refractivity contribution in [2.75, 3.05) is 36.8 Å². The largest absolute Gasteiger partial charge is 0.399 e. The fourth-order valence-corrected chi connectivity index (χ4v) is 3.62. The number of nitrogen functional groups attached to an aromatic ring is 1. The normalized spacial score (nSPS) is 22.1. The molecule has 2 N–H and O–H groups in total. The highest BCUT2D eigenvalue weighted by molar-refractivity contribution is 6.29. The zero-order valence-electron chi connectivity index (χ0n) is 11.9. The third kappa shape index (κ3) is 3.18. The van der Waals surface area contributed by atoms with Gasteiger partial charge in [-0.2, -0.15) is 0 Å². The van der Waals surface area contributed by atoms with E-state index >= 15 is 0 Å². The Morgan fingerprint density at radius 2 is 1.75 bits per heavy atom. The van der Waals surface area contributed by atoms with Gasteiger partial charge in [0, 0.05) is 30.9 Å². The third-order valence-electron chi connectivity index (χ3n) is 4.50. The van der Waals surface area contributed by atoms with Crippen molar-refractivity contribution < 1.29 is 0 Å². The Hall–Kier alpha value is -1.00. The topological polar surface area (TPSA) is 45.4 Å². The van der Waals surface area contributed by atoms with Gasteiger partial charge in [0.1, 0.15) is 11.0 Å². The van der Waals surface area contributed by atoms with Crippen molar-refractivity contribution >= 4 is 23.1 Å². The number of hydrogen-bond donors (Lipinski definition) is 1. The molecule has 0 atom stereocenters. The van der Waals surface area contributed by atoms with Gasteiger partial charge in [-0.05, 0) is 44.8 Å². The Balaban J connectivity index is 1.60. The van der Waals surface area contributed by atoms with Gasteiger partial charge in [-0.25, -0.2) is 4.98 Å². The molecule has 1 aromatic heterocycles. The van der Waals surface area contributed by atoms with Gasteiger partial charge in [-0.15, -0.1) is 0 Å². The van der Waals surface area contributed by atoms with E-state index < -0.39 is 0 Å². The molecule has 1 aromatic rings.